The van der Waals surface area contributed by atoms with Gasteiger partial charge >= 0.3 is 0 Å². The van der Waals surface area contributed by atoms with Gasteiger partial charge in [-0.2, -0.15) is 5.10 Å². The average molecular weight is 329 g/mol. The molecule has 1 aliphatic carbocycles. The van der Waals surface area contributed by atoms with Crippen molar-refractivity contribution in [2.75, 3.05) is 7.05 Å². The van der Waals surface area contributed by atoms with E-state index in [0.717, 1.165) is 44.4 Å². The standard InChI is InChI=1S/C18H25N3O.C2H6/c1-19-11-13-5-7-14(8-6-13)18-17-4-2-3-16(22)10-9-15(17)12-20-21-18;1-2/h5-8,12,16-17,19-20,22H,2-4,9-11H2,1H3;1-2H3. The Hall–Kier alpha value is -1.65. The maximum absolute atomic E-state index is 9.88. The van der Waals surface area contributed by atoms with Gasteiger partial charge in [0.1, 0.15) is 0 Å². The lowest BCUT2D eigenvalue weighted by atomic mass is 9.80. The lowest BCUT2D eigenvalue weighted by Crippen LogP contribution is -2.28. The first-order chi connectivity index (χ1) is 11.8. The van der Waals surface area contributed by atoms with Crippen molar-refractivity contribution < 1.29 is 5.11 Å². The molecular weight excluding hydrogens is 298 g/mol. The van der Waals surface area contributed by atoms with Crippen LogP contribution in [0.3, 0.4) is 0 Å². The molecule has 0 amide bonds. The summed E-state index contributed by atoms with van der Waals surface area (Å²) in [5.41, 5.74) is 8.07. The molecule has 2 atom stereocenters. The zero-order valence-electron chi connectivity index (χ0n) is 15.2. The van der Waals surface area contributed by atoms with E-state index >= 15 is 0 Å². The molecule has 1 fully saturated rings. The normalized spacial score (nSPS) is 23.3. The van der Waals surface area contributed by atoms with Crippen molar-refractivity contribution in [2.45, 2.75) is 58.6 Å². The number of allylic oxidation sites excluding steroid dienone is 1. The second-order valence-corrected chi connectivity index (χ2v) is 6.25. The molecule has 0 bridgehead atoms. The van der Waals surface area contributed by atoms with Crippen LogP contribution in [0.2, 0.25) is 0 Å². The van der Waals surface area contributed by atoms with Crippen LogP contribution >= 0.6 is 0 Å². The van der Waals surface area contributed by atoms with Gasteiger partial charge in [0.05, 0.1) is 11.8 Å². The summed E-state index contributed by atoms with van der Waals surface area (Å²) in [6, 6.07) is 8.67. The van der Waals surface area contributed by atoms with Crippen molar-refractivity contribution >= 4 is 5.71 Å². The van der Waals surface area contributed by atoms with E-state index in [9.17, 15) is 5.11 Å². The van der Waals surface area contributed by atoms with E-state index in [2.05, 4.69) is 40.1 Å². The Kier molecular flexibility index (Phi) is 7.47. The van der Waals surface area contributed by atoms with E-state index in [1.807, 2.05) is 27.1 Å². The Morgan fingerprint density at radius 2 is 1.92 bits per heavy atom. The number of hydrogen-bond acceptors (Lipinski definition) is 4. The SMILES string of the molecule is CC.CNCc1ccc(C2=NNC=C3CCC(O)CCCC32)cc1. The second-order valence-electron chi connectivity index (χ2n) is 6.25. The van der Waals surface area contributed by atoms with Gasteiger partial charge in [0.15, 0.2) is 0 Å². The zero-order valence-corrected chi connectivity index (χ0v) is 15.2. The Balaban J connectivity index is 0.00000100. The van der Waals surface area contributed by atoms with Crippen LogP contribution in [-0.2, 0) is 6.54 Å². The number of benzene rings is 1. The monoisotopic (exact) mass is 329 g/mol. The highest BCUT2D eigenvalue weighted by atomic mass is 16.3. The number of hydrogen-bond donors (Lipinski definition) is 3. The molecule has 0 aromatic heterocycles. The number of fused-ring (bicyclic) bond motifs is 1. The van der Waals surface area contributed by atoms with Crippen molar-refractivity contribution in [3.63, 3.8) is 0 Å². The van der Waals surface area contributed by atoms with Gasteiger partial charge in [-0.25, -0.2) is 0 Å². The van der Waals surface area contributed by atoms with Crippen molar-refractivity contribution in [1.82, 2.24) is 10.7 Å². The molecule has 3 N–H and O–H groups in total. The first-order valence-electron chi connectivity index (χ1n) is 9.22. The van der Waals surface area contributed by atoms with E-state index in [1.165, 1.54) is 16.7 Å². The van der Waals surface area contributed by atoms with Crippen molar-refractivity contribution in [3.05, 3.63) is 47.2 Å². The summed E-state index contributed by atoms with van der Waals surface area (Å²) >= 11 is 0. The minimum absolute atomic E-state index is 0.148. The molecule has 1 saturated carbocycles. The summed E-state index contributed by atoms with van der Waals surface area (Å²) in [5, 5.41) is 17.6. The van der Waals surface area contributed by atoms with Crippen LogP contribution in [0.4, 0.5) is 0 Å². The first kappa shape index (κ1) is 18.7. The molecule has 132 valence electrons. The maximum atomic E-state index is 9.88. The number of hydrazone groups is 1. The van der Waals surface area contributed by atoms with Crippen LogP contribution in [0.1, 0.15) is 57.1 Å². The van der Waals surface area contributed by atoms with Gasteiger partial charge in [-0.05, 0) is 55.9 Å². The van der Waals surface area contributed by atoms with E-state index in [0.29, 0.717) is 5.92 Å². The second kappa shape index (κ2) is 9.60. The molecule has 0 radical (unpaired) electrons. The summed E-state index contributed by atoms with van der Waals surface area (Å²) < 4.78 is 0. The molecule has 2 aliphatic rings. The maximum Gasteiger partial charge on any atom is 0.0751 e. The van der Waals surface area contributed by atoms with Gasteiger partial charge in [-0.3, -0.25) is 5.43 Å². The highest BCUT2D eigenvalue weighted by Crippen LogP contribution is 2.32. The molecule has 1 aliphatic heterocycles. The van der Waals surface area contributed by atoms with Crippen molar-refractivity contribution in [1.29, 1.82) is 0 Å². The minimum Gasteiger partial charge on any atom is -0.393 e. The molecule has 4 heteroatoms. The lowest BCUT2D eigenvalue weighted by Gasteiger charge is -2.29. The zero-order chi connectivity index (χ0) is 17.4. The number of nitrogens with zero attached hydrogens (tertiary/aromatic N) is 1. The Labute approximate surface area is 146 Å². The highest BCUT2D eigenvalue weighted by molar-refractivity contribution is 6.04. The van der Waals surface area contributed by atoms with E-state index < -0.39 is 0 Å². The molecule has 0 spiro atoms. The molecule has 1 aromatic rings. The van der Waals surface area contributed by atoms with Crippen LogP contribution in [-0.4, -0.2) is 24.0 Å². The number of aliphatic hydroxyl groups excluding tert-OH is 1. The third-order valence-electron chi connectivity index (χ3n) is 4.64. The van der Waals surface area contributed by atoms with Gasteiger partial charge in [0.25, 0.3) is 0 Å². The number of nitrogens with one attached hydrogen (secondary N) is 2. The molecule has 4 nitrogen and oxygen atoms in total. The van der Waals surface area contributed by atoms with Crippen LogP contribution < -0.4 is 10.7 Å². The van der Waals surface area contributed by atoms with Crippen molar-refractivity contribution in [2.24, 2.45) is 11.0 Å². The van der Waals surface area contributed by atoms with Gasteiger partial charge in [0.2, 0.25) is 0 Å². The average Bonchev–Trinajstić information content (AvgIpc) is 2.61. The third kappa shape index (κ3) is 4.68. The fraction of sp³-hybridized carbons (Fsp3) is 0.550. The van der Waals surface area contributed by atoms with Crippen molar-refractivity contribution in [3.8, 4) is 0 Å². The fourth-order valence-corrected chi connectivity index (χ4v) is 3.41. The van der Waals surface area contributed by atoms with Gasteiger partial charge in [-0.1, -0.05) is 38.1 Å². The highest BCUT2D eigenvalue weighted by Gasteiger charge is 2.27. The predicted octanol–water partition coefficient (Wildman–Crippen LogP) is 3.56. The van der Waals surface area contributed by atoms with Crippen LogP contribution in [0, 0.1) is 5.92 Å². The van der Waals surface area contributed by atoms with Crippen LogP contribution in [0.25, 0.3) is 0 Å². The molecule has 1 aromatic carbocycles. The lowest BCUT2D eigenvalue weighted by molar-refractivity contribution is 0.145. The van der Waals surface area contributed by atoms with E-state index in [1.54, 1.807) is 0 Å². The van der Waals surface area contributed by atoms with Gasteiger partial charge in [-0.15, -0.1) is 0 Å². The topological polar surface area (TPSA) is 56.7 Å². The van der Waals surface area contributed by atoms with E-state index in [-0.39, 0.29) is 6.10 Å². The van der Waals surface area contributed by atoms with Crippen LogP contribution in [0.15, 0.2) is 41.1 Å². The quantitative estimate of drug-likeness (QED) is 0.795. The molecule has 24 heavy (non-hydrogen) atoms. The summed E-state index contributed by atoms with van der Waals surface area (Å²) in [7, 11) is 1.96. The summed E-state index contributed by atoms with van der Waals surface area (Å²) in [6.45, 7) is 4.89. The van der Waals surface area contributed by atoms with E-state index in [4.69, 9.17) is 0 Å². The molecule has 3 rings (SSSR count). The van der Waals surface area contributed by atoms with Crippen LogP contribution in [0.5, 0.6) is 0 Å². The Morgan fingerprint density at radius 1 is 1.17 bits per heavy atom. The van der Waals surface area contributed by atoms with Gasteiger partial charge < -0.3 is 10.4 Å². The smallest absolute Gasteiger partial charge is 0.0751 e. The first-order valence-corrected chi connectivity index (χ1v) is 9.22. The van der Waals surface area contributed by atoms with Gasteiger partial charge in [0, 0.05) is 18.7 Å². The Bertz CT molecular complexity index is 563. The molecule has 2 unspecified atom stereocenters. The molecule has 1 heterocycles. The Morgan fingerprint density at radius 3 is 2.62 bits per heavy atom. The minimum atomic E-state index is -0.148. The summed E-state index contributed by atoms with van der Waals surface area (Å²) in [5.74, 6) is 0.393. The number of rotatable bonds is 3. The summed E-state index contributed by atoms with van der Waals surface area (Å²) in [6.07, 6.45) is 6.73. The predicted molar refractivity (Wildman–Crippen MR) is 101 cm³/mol. The number of aliphatic hydroxyl groups is 1. The summed E-state index contributed by atoms with van der Waals surface area (Å²) in [4.78, 5) is 0. The third-order valence-corrected chi connectivity index (χ3v) is 4.64. The molecular formula is C20H31N3O. The largest absolute Gasteiger partial charge is 0.393 e. The molecule has 0 saturated heterocycles. The fourth-order valence-electron chi connectivity index (χ4n) is 3.41.